The van der Waals surface area contributed by atoms with Crippen molar-refractivity contribution in [3.63, 3.8) is 0 Å². The summed E-state index contributed by atoms with van der Waals surface area (Å²) in [5.74, 6) is 0.778. The summed E-state index contributed by atoms with van der Waals surface area (Å²) >= 11 is 0. The fourth-order valence-corrected chi connectivity index (χ4v) is 8.93. The maximum absolute atomic E-state index is 14.0. The number of nitrogens with zero attached hydrogens (tertiary/aromatic N) is 2. The van der Waals surface area contributed by atoms with E-state index in [1.807, 2.05) is 12.1 Å². The van der Waals surface area contributed by atoms with Crippen LogP contribution in [0.5, 0.6) is 0 Å². The van der Waals surface area contributed by atoms with E-state index in [4.69, 9.17) is 9.47 Å². The van der Waals surface area contributed by atoms with Crippen LogP contribution in [-0.2, 0) is 9.47 Å². The first kappa shape index (κ1) is 37.8. The van der Waals surface area contributed by atoms with Crippen molar-refractivity contribution in [1.29, 1.82) is 0 Å². The Morgan fingerprint density at radius 3 is 1.22 bits per heavy atom. The van der Waals surface area contributed by atoms with Gasteiger partial charge in [-0.05, 0) is 110 Å². The minimum Gasteiger partial charge on any atom is -0.368 e. The summed E-state index contributed by atoms with van der Waals surface area (Å²) in [6.45, 7) is 6.23. The summed E-state index contributed by atoms with van der Waals surface area (Å²) in [7, 11) is 8.28. The average Bonchev–Trinajstić information content (AvgIpc) is 3.63. The fraction of sp³-hybridized carbons (Fsp3) is 0.455. The zero-order chi connectivity index (χ0) is 33.7. The number of ether oxygens (including phenoxy) is 2. The van der Waals surface area contributed by atoms with Gasteiger partial charge in [-0.25, -0.2) is 8.78 Å². The quantitative estimate of drug-likeness (QED) is 0.214. The van der Waals surface area contributed by atoms with Gasteiger partial charge >= 0.3 is 0 Å². The highest BCUT2D eigenvalue weighted by atomic mass is 19.1. The number of benzene rings is 4. The summed E-state index contributed by atoms with van der Waals surface area (Å²) in [6, 6.07) is 27.7. The second-order valence-corrected chi connectivity index (χ2v) is 14.8. The van der Waals surface area contributed by atoms with Gasteiger partial charge in [-0.2, -0.15) is 0 Å². The van der Waals surface area contributed by atoms with Crippen LogP contribution in [0, 0.1) is 11.6 Å². The predicted octanol–water partition coefficient (Wildman–Crippen LogP) is 10.2. The van der Waals surface area contributed by atoms with Crippen molar-refractivity contribution < 1.29 is 18.3 Å². The summed E-state index contributed by atoms with van der Waals surface area (Å²) in [5, 5.41) is 0. The van der Waals surface area contributed by atoms with E-state index in [1.165, 1.54) is 33.4 Å². The third kappa shape index (κ3) is 7.18. The first-order chi connectivity index (χ1) is 23.1. The number of halogens is 2. The summed E-state index contributed by atoms with van der Waals surface area (Å²) in [5.41, 5.74) is 9.90. The van der Waals surface area contributed by atoms with Crippen LogP contribution in [0.15, 0.2) is 84.9 Å². The van der Waals surface area contributed by atoms with Gasteiger partial charge in [0.15, 0.2) is 0 Å². The average molecular weight is 683 g/mol. The SMILES string of the molecule is C.C.C[C@@H]1c2ccccc2[C@H]2C[C@H](CN(C)C)O[C@@H]2c2cc(F)ccc21.C[C@H]1c2ccccc2[C@H]2C[C@H](CN(C)C)O[C@@H]2c2cc(F)ccc21. The van der Waals surface area contributed by atoms with Gasteiger partial charge in [0.05, 0.1) is 24.4 Å². The highest BCUT2D eigenvalue weighted by Gasteiger charge is 2.43. The molecule has 0 amide bonds. The number of hydrogen-bond donors (Lipinski definition) is 0. The Kier molecular flexibility index (Phi) is 11.7. The van der Waals surface area contributed by atoms with E-state index in [9.17, 15) is 8.78 Å². The number of hydrogen-bond acceptors (Lipinski definition) is 4. The molecule has 0 saturated carbocycles. The Morgan fingerprint density at radius 2 is 0.860 bits per heavy atom. The van der Waals surface area contributed by atoms with Crippen molar-refractivity contribution in [1.82, 2.24) is 9.80 Å². The summed E-state index contributed by atoms with van der Waals surface area (Å²) < 4.78 is 40.8. The van der Waals surface area contributed by atoms with E-state index in [0.717, 1.165) is 37.1 Å². The first-order valence-electron chi connectivity index (χ1n) is 17.5. The standard InChI is InChI=1S/2C21H24FNO.2CH4/c2*1-13-16-6-4-5-7-18(16)20-11-15(12-23(2)3)24-21(20)19-10-14(22)8-9-17(13)19;;/h2*4-10,13,15,20-21H,11-12H2,1-3H3;2*1H4/t13-,15+,20+,21+;13-,15-,20-,21-;;/m01../s1. The highest BCUT2D eigenvalue weighted by molar-refractivity contribution is 5.50. The van der Waals surface area contributed by atoms with Crippen LogP contribution in [0.4, 0.5) is 8.78 Å². The van der Waals surface area contributed by atoms with E-state index in [0.29, 0.717) is 11.8 Å². The lowest BCUT2D eigenvalue weighted by molar-refractivity contribution is 0.0268. The molecule has 0 radical (unpaired) electrons. The Balaban J connectivity index is 0.000000187. The van der Waals surface area contributed by atoms with Crippen LogP contribution in [0.25, 0.3) is 0 Å². The molecule has 2 heterocycles. The Bertz CT molecular complexity index is 1640. The van der Waals surface area contributed by atoms with E-state index in [2.05, 4.69) is 100 Å². The minimum atomic E-state index is -0.176. The van der Waals surface area contributed by atoms with E-state index < -0.39 is 0 Å². The number of rotatable bonds is 4. The van der Waals surface area contributed by atoms with Crippen molar-refractivity contribution >= 4 is 0 Å². The normalized spacial score (nSPS) is 27.1. The van der Waals surface area contributed by atoms with Crippen molar-refractivity contribution in [2.75, 3.05) is 41.3 Å². The Morgan fingerprint density at radius 1 is 0.520 bits per heavy atom. The monoisotopic (exact) mass is 682 g/mol. The topological polar surface area (TPSA) is 24.9 Å². The molecule has 4 nitrogen and oxygen atoms in total. The lowest BCUT2D eigenvalue weighted by Crippen LogP contribution is -2.25. The van der Waals surface area contributed by atoms with Gasteiger partial charge in [0, 0.05) is 36.8 Å². The zero-order valence-corrected chi connectivity index (χ0v) is 29.0. The van der Waals surface area contributed by atoms with Crippen LogP contribution in [0.3, 0.4) is 0 Å². The van der Waals surface area contributed by atoms with Crippen molar-refractivity contribution in [3.8, 4) is 0 Å². The van der Waals surface area contributed by atoms with Crippen LogP contribution >= 0.6 is 0 Å². The molecule has 8 rings (SSSR count). The van der Waals surface area contributed by atoms with Gasteiger partial charge in [0.1, 0.15) is 11.6 Å². The molecule has 4 aromatic rings. The van der Waals surface area contributed by atoms with Gasteiger partial charge in [0.2, 0.25) is 0 Å². The predicted molar refractivity (Wildman–Crippen MR) is 201 cm³/mol. The molecular formula is C44H56F2N2O2. The maximum Gasteiger partial charge on any atom is 0.123 e. The van der Waals surface area contributed by atoms with Gasteiger partial charge in [0.25, 0.3) is 0 Å². The molecule has 4 aliphatic rings. The van der Waals surface area contributed by atoms with Crippen LogP contribution < -0.4 is 0 Å². The minimum absolute atomic E-state index is 0. The molecule has 2 aliphatic heterocycles. The Hall–Kier alpha value is -3.42. The van der Waals surface area contributed by atoms with E-state index in [-0.39, 0.29) is 62.7 Å². The molecule has 0 bridgehead atoms. The summed E-state index contributed by atoms with van der Waals surface area (Å²) in [6.07, 6.45) is 2.25. The molecular weight excluding hydrogens is 626 g/mol. The molecule has 268 valence electrons. The molecule has 2 saturated heterocycles. The Labute approximate surface area is 299 Å². The number of fused-ring (bicyclic) bond motifs is 10. The van der Waals surface area contributed by atoms with Crippen molar-refractivity contribution in [3.05, 3.63) is 141 Å². The molecule has 0 N–H and O–H groups in total. The zero-order valence-electron chi connectivity index (χ0n) is 29.0. The molecule has 6 heteroatoms. The second-order valence-electron chi connectivity index (χ2n) is 14.8. The van der Waals surface area contributed by atoms with E-state index >= 15 is 0 Å². The molecule has 2 aliphatic carbocycles. The third-order valence-electron chi connectivity index (χ3n) is 10.9. The number of likely N-dealkylation sites (N-methyl/N-ethyl adjacent to an activating group) is 2. The molecule has 0 aromatic heterocycles. The van der Waals surface area contributed by atoms with Crippen LogP contribution in [0.2, 0.25) is 0 Å². The highest BCUT2D eigenvalue weighted by Crippen LogP contribution is 2.53. The van der Waals surface area contributed by atoms with Gasteiger partial charge in [-0.3, -0.25) is 0 Å². The smallest absolute Gasteiger partial charge is 0.123 e. The van der Waals surface area contributed by atoms with Crippen molar-refractivity contribution in [2.45, 2.75) is 89.6 Å². The lowest BCUT2D eigenvalue weighted by Gasteiger charge is -2.21. The third-order valence-corrected chi connectivity index (χ3v) is 10.9. The fourth-order valence-electron chi connectivity index (χ4n) is 8.93. The molecule has 8 atom stereocenters. The van der Waals surface area contributed by atoms with Crippen LogP contribution in [0.1, 0.15) is 122 Å². The molecule has 0 spiro atoms. The largest absolute Gasteiger partial charge is 0.368 e. The van der Waals surface area contributed by atoms with Gasteiger partial charge in [-0.1, -0.05) is 89.4 Å². The second kappa shape index (κ2) is 15.4. The first-order valence-corrected chi connectivity index (χ1v) is 17.5. The van der Waals surface area contributed by atoms with Gasteiger partial charge in [-0.15, -0.1) is 0 Å². The molecule has 4 aromatic carbocycles. The van der Waals surface area contributed by atoms with Gasteiger partial charge < -0.3 is 19.3 Å². The lowest BCUT2D eigenvalue weighted by atomic mass is 9.86. The molecule has 50 heavy (non-hydrogen) atoms. The maximum atomic E-state index is 14.0. The van der Waals surface area contributed by atoms with E-state index in [1.54, 1.807) is 24.3 Å². The summed E-state index contributed by atoms with van der Waals surface area (Å²) in [4.78, 5) is 4.33. The molecule has 0 unspecified atom stereocenters. The van der Waals surface area contributed by atoms with Crippen molar-refractivity contribution in [2.24, 2.45) is 0 Å². The molecule has 2 fully saturated rings. The van der Waals surface area contributed by atoms with Crippen LogP contribution in [-0.4, -0.2) is 63.3 Å².